The first-order chi connectivity index (χ1) is 11.2. The number of ether oxygens (including phenoxy) is 1. The van der Waals surface area contributed by atoms with Crippen molar-refractivity contribution in [3.05, 3.63) is 84.2 Å². The maximum absolute atomic E-state index is 10.7. The van der Waals surface area contributed by atoms with E-state index in [9.17, 15) is 4.79 Å². The monoisotopic (exact) mass is 307 g/mol. The molecule has 0 fully saturated rings. The summed E-state index contributed by atoms with van der Waals surface area (Å²) in [5.74, 6) is -0.0204. The van der Waals surface area contributed by atoms with Crippen molar-refractivity contribution in [2.24, 2.45) is 0 Å². The van der Waals surface area contributed by atoms with Gasteiger partial charge in [-0.15, -0.1) is 0 Å². The highest BCUT2D eigenvalue weighted by atomic mass is 16.5. The number of aliphatic carboxylic acids is 1. The van der Waals surface area contributed by atoms with E-state index < -0.39 is 5.97 Å². The number of benzene rings is 2. The Balaban J connectivity index is 1.70. The summed E-state index contributed by atoms with van der Waals surface area (Å²) in [6.45, 7) is 0.436. The zero-order valence-electron chi connectivity index (χ0n) is 12.6. The van der Waals surface area contributed by atoms with Crippen molar-refractivity contribution in [2.75, 3.05) is 0 Å². The quantitative estimate of drug-likeness (QED) is 0.755. The van der Waals surface area contributed by atoms with Gasteiger partial charge < -0.3 is 14.4 Å². The van der Waals surface area contributed by atoms with Gasteiger partial charge in [-0.1, -0.05) is 36.4 Å². The molecule has 3 rings (SSSR count). The summed E-state index contributed by atoms with van der Waals surface area (Å²) in [4.78, 5) is 10.7. The minimum absolute atomic E-state index is 0.0393. The maximum atomic E-state index is 10.7. The summed E-state index contributed by atoms with van der Waals surface area (Å²) in [6, 6.07) is 19.2. The van der Waals surface area contributed by atoms with Gasteiger partial charge in [0.15, 0.2) is 0 Å². The van der Waals surface area contributed by atoms with E-state index in [4.69, 9.17) is 9.84 Å². The Morgan fingerprint density at radius 1 is 0.913 bits per heavy atom. The number of hydrogen-bond donors (Lipinski definition) is 1. The first-order valence-corrected chi connectivity index (χ1v) is 7.37. The fourth-order valence-corrected chi connectivity index (χ4v) is 2.38. The average Bonchev–Trinajstić information content (AvgIpc) is 3.08. The Morgan fingerprint density at radius 2 is 1.57 bits per heavy atom. The van der Waals surface area contributed by atoms with Crippen LogP contribution < -0.4 is 4.74 Å². The molecule has 4 heteroatoms. The van der Waals surface area contributed by atoms with Crippen LogP contribution in [0.5, 0.6) is 5.75 Å². The molecule has 0 saturated carbocycles. The predicted molar refractivity (Wildman–Crippen MR) is 87.9 cm³/mol. The third kappa shape index (κ3) is 3.80. The third-order valence-corrected chi connectivity index (χ3v) is 3.52. The molecule has 0 saturated heterocycles. The second-order valence-electron chi connectivity index (χ2n) is 5.23. The van der Waals surface area contributed by atoms with Gasteiger partial charge in [-0.2, -0.15) is 0 Å². The van der Waals surface area contributed by atoms with Crippen LogP contribution in [0.25, 0.3) is 5.69 Å². The van der Waals surface area contributed by atoms with Gasteiger partial charge in [-0.3, -0.25) is 4.79 Å². The lowest BCUT2D eigenvalue weighted by molar-refractivity contribution is -0.136. The first kappa shape index (κ1) is 14.9. The average molecular weight is 307 g/mol. The lowest BCUT2D eigenvalue weighted by Gasteiger charge is -2.12. The van der Waals surface area contributed by atoms with Gasteiger partial charge in [0.25, 0.3) is 0 Å². The summed E-state index contributed by atoms with van der Waals surface area (Å²) in [5.41, 5.74) is 2.77. The van der Waals surface area contributed by atoms with Gasteiger partial charge in [-0.25, -0.2) is 0 Å². The fraction of sp³-hybridized carbons (Fsp3) is 0.105. The molecule has 0 radical (unpaired) electrons. The van der Waals surface area contributed by atoms with E-state index in [2.05, 4.69) is 0 Å². The largest absolute Gasteiger partial charge is 0.487 e. The number of carboxylic acids is 1. The highest BCUT2D eigenvalue weighted by Crippen LogP contribution is 2.23. The van der Waals surface area contributed by atoms with E-state index in [1.807, 2.05) is 77.6 Å². The summed E-state index contributed by atoms with van der Waals surface area (Å²) in [6.07, 6.45) is 3.99. The number of para-hydroxylation sites is 2. The molecule has 4 nitrogen and oxygen atoms in total. The van der Waals surface area contributed by atoms with Crippen molar-refractivity contribution < 1.29 is 14.6 Å². The number of carboxylic acid groups (broad SMARTS) is 1. The molecule has 1 heterocycles. The second kappa shape index (κ2) is 6.83. The van der Waals surface area contributed by atoms with Gasteiger partial charge in [0.1, 0.15) is 12.4 Å². The van der Waals surface area contributed by atoms with Crippen LogP contribution >= 0.6 is 0 Å². The van der Waals surface area contributed by atoms with Crippen molar-refractivity contribution in [1.82, 2.24) is 4.57 Å². The Bertz CT molecular complexity index is 777. The van der Waals surface area contributed by atoms with Crippen molar-refractivity contribution >= 4 is 5.97 Å². The van der Waals surface area contributed by atoms with Gasteiger partial charge in [0.2, 0.25) is 0 Å². The van der Waals surface area contributed by atoms with Crippen LogP contribution in [0.4, 0.5) is 0 Å². The van der Waals surface area contributed by atoms with Gasteiger partial charge in [0.05, 0.1) is 12.1 Å². The standard InChI is InChI=1S/C19H17NO3/c21-19(22)13-15-7-9-16(10-8-15)14-23-18-6-2-1-5-17(18)20-11-3-4-12-20/h1-12H,13-14H2,(H,21,22). The molecule has 0 spiro atoms. The van der Waals surface area contributed by atoms with E-state index in [1.54, 1.807) is 0 Å². The lowest BCUT2D eigenvalue weighted by Crippen LogP contribution is -2.02. The molecule has 0 aliphatic rings. The van der Waals surface area contributed by atoms with Crippen LogP contribution in [0, 0.1) is 0 Å². The van der Waals surface area contributed by atoms with Gasteiger partial charge in [0, 0.05) is 12.4 Å². The molecule has 0 unspecified atom stereocenters. The van der Waals surface area contributed by atoms with Gasteiger partial charge in [-0.05, 0) is 35.4 Å². The highest BCUT2D eigenvalue weighted by Gasteiger charge is 2.05. The third-order valence-electron chi connectivity index (χ3n) is 3.52. The zero-order valence-corrected chi connectivity index (χ0v) is 12.6. The van der Waals surface area contributed by atoms with Crippen molar-refractivity contribution in [2.45, 2.75) is 13.0 Å². The number of hydrogen-bond acceptors (Lipinski definition) is 2. The van der Waals surface area contributed by atoms with E-state index in [-0.39, 0.29) is 6.42 Å². The van der Waals surface area contributed by atoms with Crippen molar-refractivity contribution in [1.29, 1.82) is 0 Å². The fourth-order valence-electron chi connectivity index (χ4n) is 2.38. The Morgan fingerprint density at radius 3 is 2.26 bits per heavy atom. The molecule has 3 aromatic rings. The van der Waals surface area contributed by atoms with Crippen LogP contribution in [0.15, 0.2) is 73.1 Å². The highest BCUT2D eigenvalue weighted by molar-refractivity contribution is 5.70. The molecular formula is C19H17NO3. The molecule has 0 amide bonds. The first-order valence-electron chi connectivity index (χ1n) is 7.37. The molecular weight excluding hydrogens is 290 g/mol. The van der Waals surface area contributed by atoms with Crippen LogP contribution in [0.1, 0.15) is 11.1 Å². The normalized spacial score (nSPS) is 10.4. The predicted octanol–water partition coefficient (Wildman–Crippen LogP) is 3.68. The zero-order chi connectivity index (χ0) is 16.1. The molecule has 0 bridgehead atoms. The number of aromatic nitrogens is 1. The van der Waals surface area contributed by atoms with Crippen molar-refractivity contribution in [3.8, 4) is 11.4 Å². The van der Waals surface area contributed by atoms with E-state index in [1.165, 1.54) is 0 Å². The van der Waals surface area contributed by atoms with E-state index in [0.29, 0.717) is 6.61 Å². The van der Waals surface area contributed by atoms with Crippen LogP contribution in [0.3, 0.4) is 0 Å². The van der Waals surface area contributed by atoms with Crippen LogP contribution in [-0.2, 0) is 17.8 Å². The molecule has 116 valence electrons. The van der Waals surface area contributed by atoms with E-state index >= 15 is 0 Å². The molecule has 0 aliphatic heterocycles. The molecule has 1 N–H and O–H groups in total. The Labute approximate surface area is 134 Å². The topological polar surface area (TPSA) is 51.5 Å². The molecule has 0 aliphatic carbocycles. The smallest absolute Gasteiger partial charge is 0.307 e. The maximum Gasteiger partial charge on any atom is 0.307 e. The minimum atomic E-state index is -0.824. The van der Waals surface area contributed by atoms with Crippen molar-refractivity contribution in [3.63, 3.8) is 0 Å². The SMILES string of the molecule is O=C(O)Cc1ccc(COc2ccccc2-n2cccc2)cc1. The lowest BCUT2D eigenvalue weighted by atomic mass is 10.1. The number of carbonyl (C=O) groups is 1. The second-order valence-corrected chi connectivity index (χ2v) is 5.23. The van der Waals surface area contributed by atoms with Gasteiger partial charge >= 0.3 is 5.97 Å². The molecule has 1 aromatic heterocycles. The Hall–Kier alpha value is -3.01. The van der Waals surface area contributed by atoms with Crippen LogP contribution in [-0.4, -0.2) is 15.6 Å². The summed E-state index contributed by atoms with van der Waals surface area (Å²) < 4.78 is 7.94. The number of rotatable bonds is 6. The molecule has 23 heavy (non-hydrogen) atoms. The summed E-state index contributed by atoms with van der Waals surface area (Å²) in [5, 5.41) is 8.78. The summed E-state index contributed by atoms with van der Waals surface area (Å²) >= 11 is 0. The molecule has 0 atom stereocenters. The summed E-state index contributed by atoms with van der Waals surface area (Å²) in [7, 11) is 0. The minimum Gasteiger partial charge on any atom is -0.487 e. The molecule has 2 aromatic carbocycles. The number of nitrogens with zero attached hydrogens (tertiary/aromatic N) is 1. The van der Waals surface area contributed by atoms with E-state index in [0.717, 1.165) is 22.6 Å². The Kier molecular flexibility index (Phi) is 4.43. The van der Waals surface area contributed by atoms with Crippen LogP contribution in [0.2, 0.25) is 0 Å².